The molecule has 0 aliphatic rings. The number of hydrogen-bond acceptors (Lipinski definition) is 3. The quantitative estimate of drug-likeness (QED) is 0.696. The number of fused-ring (bicyclic) bond motifs is 1. The molecule has 1 amide bonds. The predicted molar refractivity (Wildman–Crippen MR) is 84.8 cm³/mol. The highest BCUT2D eigenvalue weighted by Crippen LogP contribution is 2.21. The maximum Gasteiger partial charge on any atom is 0.332 e. The minimum Gasteiger partial charge on any atom is -0.471 e. The highest BCUT2D eigenvalue weighted by molar-refractivity contribution is 5.83. The molecule has 3 rings (SSSR count). The van der Waals surface area contributed by atoms with Crippen molar-refractivity contribution < 1.29 is 9.53 Å². The summed E-state index contributed by atoms with van der Waals surface area (Å²) in [6.07, 6.45) is 4.26. The molecule has 1 heterocycles. The van der Waals surface area contributed by atoms with Crippen molar-refractivity contribution in [2.75, 3.05) is 7.05 Å². The summed E-state index contributed by atoms with van der Waals surface area (Å²) in [5.74, 6) is 0.733. The molecule has 0 bridgehead atoms. The van der Waals surface area contributed by atoms with Crippen LogP contribution in [0.1, 0.15) is 6.92 Å². The smallest absolute Gasteiger partial charge is 0.332 e. The second kappa shape index (κ2) is 5.89. The summed E-state index contributed by atoms with van der Waals surface area (Å²) in [7, 11) is 1.70. The minimum absolute atomic E-state index is 0.189. The van der Waals surface area contributed by atoms with E-state index < -0.39 is 6.23 Å². The topological polar surface area (TPSA) is 47.4 Å². The first-order valence-electron chi connectivity index (χ1n) is 7.06. The fraction of sp³-hybridized carbons (Fsp3) is 0.176. The summed E-state index contributed by atoms with van der Waals surface area (Å²) in [6.45, 7) is 1.84. The van der Waals surface area contributed by atoms with Crippen LogP contribution in [-0.4, -0.2) is 33.8 Å². The van der Waals surface area contributed by atoms with Crippen molar-refractivity contribution in [3.05, 3.63) is 61.2 Å². The second-order valence-corrected chi connectivity index (χ2v) is 5.09. The van der Waals surface area contributed by atoms with Crippen LogP contribution < -0.4 is 4.74 Å². The zero-order chi connectivity index (χ0) is 15.5. The van der Waals surface area contributed by atoms with E-state index in [2.05, 4.69) is 11.1 Å². The number of imidazole rings is 1. The Morgan fingerprint density at radius 1 is 1.23 bits per heavy atom. The molecule has 5 nitrogen and oxygen atoms in total. The van der Waals surface area contributed by atoms with Crippen molar-refractivity contribution in [1.29, 1.82) is 0 Å². The standard InChI is InChI=1S/C17H17N3O2/c1-13(19(2)17(21)20-10-9-18-12-20)22-16-8-7-14-5-3-4-6-15(14)11-16/h3-13H,1-2H3. The lowest BCUT2D eigenvalue weighted by molar-refractivity contribution is 0.0831. The first-order valence-corrected chi connectivity index (χ1v) is 7.06. The molecule has 0 aliphatic carbocycles. The van der Waals surface area contributed by atoms with Gasteiger partial charge in [-0.1, -0.05) is 30.3 Å². The number of hydrogen-bond donors (Lipinski definition) is 0. The van der Waals surface area contributed by atoms with Crippen LogP contribution in [0, 0.1) is 0 Å². The summed E-state index contributed by atoms with van der Waals surface area (Å²) in [4.78, 5) is 17.6. The summed E-state index contributed by atoms with van der Waals surface area (Å²) < 4.78 is 7.29. The van der Waals surface area contributed by atoms with Gasteiger partial charge in [0.2, 0.25) is 0 Å². The van der Waals surface area contributed by atoms with Crippen molar-refractivity contribution >= 4 is 16.8 Å². The summed E-state index contributed by atoms with van der Waals surface area (Å²) >= 11 is 0. The largest absolute Gasteiger partial charge is 0.471 e. The van der Waals surface area contributed by atoms with Crippen LogP contribution >= 0.6 is 0 Å². The summed E-state index contributed by atoms with van der Waals surface area (Å²) in [6, 6.07) is 13.8. The number of carbonyl (C=O) groups excluding carboxylic acids is 1. The van der Waals surface area contributed by atoms with Crippen molar-refractivity contribution in [3.63, 3.8) is 0 Å². The SMILES string of the molecule is CC(Oc1ccc2ccccc2c1)N(C)C(=O)n1ccnc1. The Balaban J connectivity index is 1.74. The third-order valence-electron chi connectivity index (χ3n) is 3.60. The van der Waals surface area contributed by atoms with Gasteiger partial charge in [-0.3, -0.25) is 9.47 Å². The maximum absolute atomic E-state index is 12.2. The second-order valence-electron chi connectivity index (χ2n) is 5.09. The van der Waals surface area contributed by atoms with E-state index in [1.165, 1.54) is 15.8 Å². The van der Waals surface area contributed by atoms with Crippen molar-refractivity contribution in [1.82, 2.24) is 14.5 Å². The first kappa shape index (κ1) is 14.1. The Morgan fingerprint density at radius 3 is 2.73 bits per heavy atom. The highest BCUT2D eigenvalue weighted by atomic mass is 16.5. The van der Waals surface area contributed by atoms with Crippen molar-refractivity contribution in [3.8, 4) is 5.75 Å². The number of benzene rings is 2. The lowest BCUT2D eigenvalue weighted by Gasteiger charge is -2.25. The molecule has 1 atom stereocenters. The Kier molecular flexibility index (Phi) is 3.78. The molecule has 0 aliphatic heterocycles. The zero-order valence-corrected chi connectivity index (χ0v) is 12.5. The number of aromatic nitrogens is 2. The Hall–Kier alpha value is -2.82. The number of nitrogens with zero attached hydrogens (tertiary/aromatic N) is 3. The highest BCUT2D eigenvalue weighted by Gasteiger charge is 2.18. The molecular weight excluding hydrogens is 278 g/mol. The lowest BCUT2D eigenvalue weighted by Crippen LogP contribution is -2.40. The van der Waals surface area contributed by atoms with Crippen LogP contribution in [0.2, 0.25) is 0 Å². The van der Waals surface area contributed by atoms with Gasteiger partial charge in [0.25, 0.3) is 0 Å². The van der Waals surface area contributed by atoms with Crippen molar-refractivity contribution in [2.45, 2.75) is 13.2 Å². The third-order valence-corrected chi connectivity index (χ3v) is 3.60. The molecule has 2 aromatic carbocycles. The third kappa shape index (κ3) is 2.79. The molecule has 0 N–H and O–H groups in total. The van der Waals surface area contributed by atoms with E-state index in [1.54, 1.807) is 19.4 Å². The van der Waals surface area contributed by atoms with Gasteiger partial charge in [0.15, 0.2) is 6.23 Å². The van der Waals surface area contributed by atoms with Crippen LogP contribution in [0.15, 0.2) is 61.2 Å². The molecule has 1 unspecified atom stereocenters. The Labute approximate surface area is 128 Å². The molecule has 112 valence electrons. The van der Waals surface area contributed by atoms with Crippen LogP contribution in [0.4, 0.5) is 4.79 Å². The van der Waals surface area contributed by atoms with Crippen LogP contribution in [-0.2, 0) is 0 Å². The van der Waals surface area contributed by atoms with Gasteiger partial charge in [-0.25, -0.2) is 9.78 Å². The lowest BCUT2D eigenvalue weighted by atomic mass is 10.1. The van der Waals surface area contributed by atoms with Crippen LogP contribution in [0.5, 0.6) is 5.75 Å². The Bertz CT molecular complexity index is 783. The van der Waals surface area contributed by atoms with Gasteiger partial charge in [0.1, 0.15) is 12.1 Å². The van der Waals surface area contributed by atoms with Gasteiger partial charge in [-0.15, -0.1) is 0 Å². The molecule has 1 aromatic heterocycles. The van der Waals surface area contributed by atoms with E-state index in [9.17, 15) is 4.79 Å². The van der Waals surface area contributed by atoms with Crippen molar-refractivity contribution in [2.24, 2.45) is 0 Å². The van der Waals surface area contributed by atoms with E-state index in [-0.39, 0.29) is 6.03 Å². The normalized spacial score (nSPS) is 12.1. The molecule has 3 aromatic rings. The van der Waals surface area contributed by atoms with Gasteiger partial charge >= 0.3 is 6.03 Å². The van der Waals surface area contributed by atoms with E-state index in [1.807, 2.05) is 43.3 Å². The van der Waals surface area contributed by atoms with Crippen LogP contribution in [0.25, 0.3) is 10.8 Å². The number of amides is 1. The number of carbonyl (C=O) groups is 1. The van der Waals surface area contributed by atoms with Gasteiger partial charge in [-0.2, -0.15) is 0 Å². The summed E-state index contributed by atoms with van der Waals surface area (Å²) in [5.41, 5.74) is 0. The average Bonchev–Trinajstić information content (AvgIpc) is 3.07. The fourth-order valence-corrected chi connectivity index (χ4v) is 2.23. The van der Waals surface area contributed by atoms with E-state index >= 15 is 0 Å². The molecule has 0 saturated heterocycles. The molecule has 0 saturated carbocycles. The molecule has 5 heteroatoms. The maximum atomic E-state index is 12.2. The van der Waals surface area contributed by atoms with Gasteiger partial charge < -0.3 is 4.74 Å². The molecule has 0 fully saturated rings. The van der Waals surface area contributed by atoms with E-state index in [0.29, 0.717) is 0 Å². The molecule has 22 heavy (non-hydrogen) atoms. The summed E-state index contributed by atoms with van der Waals surface area (Å²) in [5, 5.41) is 2.26. The first-order chi connectivity index (χ1) is 10.6. The molecule has 0 spiro atoms. The van der Waals surface area contributed by atoms with Crippen LogP contribution in [0.3, 0.4) is 0 Å². The molecule has 0 radical (unpaired) electrons. The van der Waals surface area contributed by atoms with Gasteiger partial charge in [-0.05, 0) is 29.8 Å². The van der Waals surface area contributed by atoms with Gasteiger partial charge in [0.05, 0.1) is 0 Å². The fourth-order valence-electron chi connectivity index (χ4n) is 2.23. The molecular formula is C17H17N3O2. The predicted octanol–water partition coefficient (Wildman–Crippen LogP) is 3.36. The zero-order valence-electron chi connectivity index (χ0n) is 12.5. The number of rotatable bonds is 3. The number of ether oxygens (including phenoxy) is 1. The van der Waals surface area contributed by atoms with E-state index in [4.69, 9.17) is 4.74 Å². The monoisotopic (exact) mass is 295 g/mol. The van der Waals surface area contributed by atoms with E-state index in [0.717, 1.165) is 16.5 Å². The average molecular weight is 295 g/mol. The van der Waals surface area contributed by atoms with Gasteiger partial charge in [0, 0.05) is 19.4 Å². The Morgan fingerprint density at radius 2 is 2.00 bits per heavy atom. The minimum atomic E-state index is -0.393.